The minimum Gasteiger partial charge on any atom is -0.285 e. The van der Waals surface area contributed by atoms with E-state index >= 15 is 0 Å². The first kappa shape index (κ1) is 19.5. The molecular weight excluding hydrogens is 308 g/mol. The highest BCUT2D eigenvalue weighted by molar-refractivity contribution is 5.35. The first-order valence-electron chi connectivity index (χ1n) is 7.55. The third-order valence-corrected chi connectivity index (χ3v) is 3.54. The molecule has 2 nitrogen and oxygen atoms in total. The molecule has 0 aromatic heterocycles. The third-order valence-electron chi connectivity index (χ3n) is 3.54. The van der Waals surface area contributed by atoms with Crippen LogP contribution in [0.4, 0.5) is 17.6 Å². The molecule has 0 saturated carbocycles. The summed E-state index contributed by atoms with van der Waals surface area (Å²) in [6.45, 7) is 4.39. The van der Waals surface area contributed by atoms with Gasteiger partial charge in [0.15, 0.2) is 0 Å². The molecule has 0 aromatic carbocycles. The van der Waals surface area contributed by atoms with Crippen molar-refractivity contribution in [1.29, 1.82) is 0 Å². The summed E-state index contributed by atoms with van der Waals surface area (Å²) < 4.78 is 53.1. The van der Waals surface area contributed by atoms with Gasteiger partial charge in [0.2, 0.25) is 5.67 Å². The highest BCUT2D eigenvalue weighted by Gasteiger charge is 2.53. The van der Waals surface area contributed by atoms with Crippen molar-refractivity contribution >= 4 is 0 Å². The Morgan fingerprint density at radius 2 is 1.74 bits per heavy atom. The van der Waals surface area contributed by atoms with Crippen molar-refractivity contribution in [1.82, 2.24) is 10.4 Å². The maximum absolute atomic E-state index is 14.2. The Hall–Kier alpha value is -1.56. The maximum atomic E-state index is 14.2. The second kappa shape index (κ2) is 7.81. The molecule has 1 atom stereocenters. The second-order valence-corrected chi connectivity index (χ2v) is 5.85. The summed E-state index contributed by atoms with van der Waals surface area (Å²) in [4.78, 5) is 0. The molecule has 0 aliphatic heterocycles. The van der Waals surface area contributed by atoms with Crippen molar-refractivity contribution in [2.75, 3.05) is 7.05 Å². The van der Waals surface area contributed by atoms with Gasteiger partial charge < -0.3 is 0 Å². The van der Waals surface area contributed by atoms with Gasteiger partial charge >= 0.3 is 6.18 Å². The van der Waals surface area contributed by atoms with Crippen LogP contribution in [0.25, 0.3) is 0 Å². The first-order chi connectivity index (χ1) is 10.6. The van der Waals surface area contributed by atoms with Crippen LogP contribution in [0, 0.1) is 0 Å². The molecule has 1 N–H and O–H groups in total. The van der Waals surface area contributed by atoms with E-state index in [1.165, 1.54) is 18.2 Å². The fourth-order valence-electron chi connectivity index (χ4n) is 2.15. The lowest BCUT2D eigenvalue weighted by atomic mass is 9.95. The zero-order valence-electron chi connectivity index (χ0n) is 14.0. The summed E-state index contributed by atoms with van der Waals surface area (Å²) in [5.74, 6) is 0. The van der Waals surface area contributed by atoms with Crippen LogP contribution in [0.2, 0.25) is 0 Å². The summed E-state index contributed by atoms with van der Waals surface area (Å²) in [6, 6.07) is 0. The molecule has 23 heavy (non-hydrogen) atoms. The lowest BCUT2D eigenvalue weighted by Crippen LogP contribution is -2.39. The van der Waals surface area contributed by atoms with E-state index in [4.69, 9.17) is 0 Å². The predicted molar refractivity (Wildman–Crippen MR) is 85.1 cm³/mol. The molecule has 0 radical (unpaired) electrons. The van der Waals surface area contributed by atoms with Gasteiger partial charge in [-0.2, -0.15) is 13.2 Å². The molecule has 1 unspecified atom stereocenters. The molecular formula is C17H24F4N2. The molecule has 0 heterocycles. The maximum Gasteiger partial charge on any atom is 0.426 e. The fraction of sp³-hybridized carbons (Fsp3) is 0.529. The van der Waals surface area contributed by atoms with E-state index in [0.29, 0.717) is 31.9 Å². The van der Waals surface area contributed by atoms with Crippen LogP contribution in [-0.4, -0.2) is 23.9 Å². The molecule has 0 spiro atoms. The van der Waals surface area contributed by atoms with Gasteiger partial charge in [-0.15, -0.1) is 0 Å². The topological polar surface area (TPSA) is 15.3 Å². The average Bonchev–Trinajstić information content (AvgIpc) is 2.55. The number of hydrogen-bond acceptors (Lipinski definition) is 2. The molecule has 130 valence electrons. The normalized spacial score (nSPS) is 21.0. The van der Waals surface area contributed by atoms with Gasteiger partial charge in [0.05, 0.1) is 5.70 Å². The monoisotopic (exact) mass is 332 g/mol. The second-order valence-electron chi connectivity index (χ2n) is 5.85. The van der Waals surface area contributed by atoms with Gasteiger partial charge in [-0.25, -0.2) is 9.82 Å². The summed E-state index contributed by atoms with van der Waals surface area (Å²) in [6.07, 6.45) is 4.64. The van der Waals surface area contributed by atoms with Crippen molar-refractivity contribution in [3.05, 3.63) is 47.3 Å². The number of alkyl halides is 4. The summed E-state index contributed by atoms with van der Waals surface area (Å²) in [7, 11) is 1.71. The summed E-state index contributed by atoms with van der Waals surface area (Å²) >= 11 is 0. The zero-order chi connectivity index (χ0) is 17.7. The smallest absolute Gasteiger partial charge is 0.285 e. The largest absolute Gasteiger partial charge is 0.426 e. The van der Waals surface area contributed by atoms with E-state index in [0.717, 1.165) is 5.57 Å². The Morgan fingerprint density at radius 3 is 2.26 bits per heavy atom. The zero-order valence-corrected chi connectivity index (χ0v) is 14.0. The van der Waals surface area contributed by atoms with E-state index in [9.17, 15) is 17.6 Å². The van der Waals surface area contributed by atoms with Crippen LogP contribution in [-0.2, 0) is 0 Å². The van der Waals surface area contributed by atoms with Crippen LogP contribution >= 0.6 is 0 Å². The molecule has 6 heteroatoms. The Balaban J connectivity index is 3.18. The van der Waals surface area contributed by atoms with Crippen molar-refractivity contribution in [3.8, 4) is 0 Å². The Kier molecular flexibility index (Phi) is 6.62. The van der Waals surface area contributed by atoms with E-state index in [2.05, 4.69) is 5.43 Å². The molecule has 0 bridgehead atoms. The lowest BCUT2D eigenvalue weighted by Gasteiger charge is -2.25. The highest BCUT2D eigenvalue weighted by Crippen LogP contribution is 2.40. The molecule has 1 aliphatic carbocycles. The van der Waals surface area contributed by atoms with Crippen molar-refractivity contribution in [2.45, 2.75) is 51.9 Å². The lowest BCUT2D eigenvalue weighted by molar-refractivity contribution is -0.208. The number of rotatable bonds is 4. The Morgan fingerprint density at radius 1 is 1.13 bits per heavy atom. The summed E-state index contributed by atoms with van der Waals surface area (Å²) in [5.41, 5.74) is 0.944. The van der Waals surface area contributed by atoms with Gasteiger partial charge in [0, 0.05) is 13.2 Å². The van der Waals surface area contributed by atoms with Gasteiger partial charge in [0.1, 0.15) is 0 Å². The van der Waals surface area contributed by atoms with E-state index in [-0.39, 0.29) is 5.57 Å². The van der Waals surface area contributed by atoms with Crippen molar-refractivity contribution < 1.29 is 17.6 Å². The molecule has 0 saturated heterocycles. The van der Waals surface area contributed by atoms with E-state index in [1.54, 1.807) is 12.1 Å². The van der Waals surface area contributed by atoms with Crippen LogP contribution in [0.3, 0.4) is 0 Å². The number of allylic oxidation sites excluding steroid dienone is 6. The van der Waals surface area contributed by atoms with Crippen molar-refractivity contribution in [3.63, 3.8) is 0 Å². The molecule has 1 rings (SSSR count). The average molecular weight is 332 g/mol. The van der Waals surface area contributed by atoms with Gasteiger partial charge in [-0.1, -0.05) is 23.8 Å². The molecule has 1 aliphatic rings. The third kappa shape index (κ3) is 5.23. The molecule has 0 fully saturated rings. The number of nitrogens with zero attached hydrogens (tertiary/aromatic N) is 1. The Labute approximate surface area is 135 Å². The van der Waals surface area contributed by atoms with E-state index in [1.807, 2.05) is 26.1 Å². The number of nitrogens with one attached hydrogen (secondary N) is 1. The number of hydrazine groups is 1. The Bertz CT molecular complexity index is 521. The fourth-order valence-corrected chi connectivity index (χ4v) is 2.15. The summed E-state index contributed by atoms with van der Waals surface area (Å²) in [5, 5.41) is 1.71. The van der Waals surface area contributed by atoms with Crippen LogP contribution in [0.15, 0.2) is 47.3 Å². The van der Waals surface area contributed by atoms with E-state index < -0.39 is 11.8 Å². The number of hydrogen-bond donors (Lipinski definition) is 1. The van der Waals surface area contributed by atoms with Crippen molar-refractivity contribution in [2.24, 2.45) is 0 Å². The standard InChI is InChI=1S/C17H24F4N2/c1-13(2)12-23(22-4)15-9-7-5-6-8-14(10-11-15)16(3,18)17(19,20)21/h8-12,22H,5-7H2,1-4H3/b11-10?,14-8-,15-9?. The van der Waals surface area contributed by atoms with Gasteiger partial charge in [-0.05, 0) is 51.7 Å². The SMILES string of the molecule is CNN(C=C(C)C)C1=CCCC/C=C(\C(C)(F)C(F)(F)F)C=C1. The highest BCUT2D eigenvalue weighted by atomic mass is 19.4. The quantitative estimate of drug-likeness (QED) is 0.563. The van der Waals surface area contributed by atoms with Crippen LogP contribution in [0.5, 0.6) is 0 Å². The first-order valence-corrected chi connectivity index (χ1v) is 7.55. The molecule has 0 amide bonds. The molecule has 0 aromatic rings. The van der Waals surface area contributed by atoms with Crippen LogP contribution < -0.4 is 5.43 Å². The minimum absolute atomic E-state index is 0.356. The van der Waals surface area contributed by atoms with Crippen LogP contribution in [0.1, 0.15) is 40.0 Å². The minimum atomic E-state index is -4.94. The predicted octanol–water partition coefficient (Wildman–Crippen LogP) is 5.19. The van der Waals surface area contributed by atoms with Gasteiger partial charge in [-0.3, -0.25) is 5.01 Å². The number of halogens is 4. The van der Waals surface area contributed by atoms with Gasteiger partial charge in [0.25, 0.3) is 0 Å².